The van der Waals surface area contributed by atoms with Gasteiger partial charge < -0.3 is 10.2 Å². The first kappa shape index (κ1) is 17.1. The molecule has 2 aliphatic rings. The number of aromatic nitrogens is 1. The highest BCUT2D eigenvalue weighted by Crippen LogP contribution is 2.44. The maximum Gasteiger partial charge on any atom is 0.223 e. The van der Waals surface area contributed by atoms with E-state index >= 15 is 0 Å². The molecule has 4 rings (SSSR count). The van der Waals surface area contributed by atoms with Crippen molar-refractivity contribution in [3.63, 3.8) is 0 Å². The maximum atomic E-state index is 13.8. The van der Waals surface area contributed by atoms with Crippen molar-refractivity contribution in [2.45, 2.75) is 37.9 Å². The van der Waals surface area contributed by atoms with Gasteiger partial charge in [0.1, 0.15) is 11.6 Å². The van der Waals surface area contributed by atoms with Crippen LogP contribution >= 0.6 is 0 Å². The molecule has 1 aromatic carbocycles. The molecule has 2 heterocycles. The van der Waals surface area contributed by atoms with Crippen LogP contribution < -0.4 is 5.32 Å². The number of rotatable bonds is 6. The molecule has 136 valence electrons. The summed E-state index contributed by atoms with van der Waals surface area (Å²) in [5.41, 5.74) is 1.47. The van der Waals surface area contributed by atoms with Crippen LogP contribution in [-0.2, 0) is 11.3 Å². The number of nitrogens with one attached hydrogen (secondary N) is 1. The summed E-state index contributed by atoms with van der Waals surface area (Å²) < 4.78 is 26.8. The Bertz CT molecular complexity index is 795. The maximum absolute atomic E-state index is 13.8. The highest BCUT2D eigenvalue weighted by molar-refractivity contribution is 5.80. The Morgan fingerprint density at radius 3 is 2.77 bits per heavy atom. The summed E-state index contributed by atoms with van der Waals surface area (Å²) in [4.78, 5) is 18.8. The molecule has 1 aliphatic carbocycles. The minimum Gasteiger partial charge on any atom is -0.332 e. The zero-order chi connectivity index (χ0) is 18.1. The van der Waals surface area contributed by atoms with Crippen LogP contribution in [0.15, 0.2) is 42.7 Å². The van der Waals surface area contributed by atoms with E-state index in [1.807, 2.05) is 23.2 Å². The Hall–Kier alpha value is -2.34. The second-order valence-electron chi connectivity index (χ2n) is 7.09. The van der Waals surface area contributed by atoms with Gasteiger partial charge in [-0.15, -0.1) is 0 Å². The van der Waals surface area contributed by atoms with Crippen LogP contribution in [0.2, 0.25) is 0 Å². The van der Waals surface area contributed by atoms with E-state index in [0.29, 0.717) is 31.1 Å². The van der Waals surface area contributed by atoms with Gasteiger partial charge in [-0.2, -0.15) is 0 Å². The monoisotopic (exact) mass is 357 g/mol. The number of carbonyl (C=O) groups is 1. The normalized spacial score (nSPS) is 22.8. The summed E-state index contributed by atoms with van der Waals surface area (Å²) in [6.07, 6.45) is 6.15. The number of amides is 1. The van der Waals surface area contributed by atoms with E-state index < -0.39 is 11.6 Å². The fourth-order valence-corrected chi connectivity index (χ4v) is 3.83. The van der Waals surface area contributed by atoms with Gasteiger partial charge in [-0.05, 0) is 30.5 Å². The summed E-state index contributed by atoms with van der Waals surface area (Å²) in [6, 6.07) is 7.85. The Balaban J connectivity index is 1.46. The molecule has 0 radical (unpaired) electrons. The van der Waals surface area contributed by atoms with Crippen molar-refractivity contribution in [3.05, 3.63) is 65.5 Å². The predicted molar refractivity (Wildman–Crippen MR) is 93.0 cm³/mol. The van der Waals surface area contributed by atoms with Crippen molar-refractivity contribution in [2.24, 2.45) is 5.92 Å². The summed E-state index contributed by atoms with van der Waals surface area (Å²) in [5, 5.41) is 3.24. The summed E-state index contributed by atoms with van der Waals surface area (Å²) in [7, 11) is 0. The van der Waals surface area contributed by atoms with Gasteiger partial charge in [-0.25, -0.2) is 8.78 Å². The average Bonchev–Trinajstić information content (AvgIpc) is 3.41. The molecule has 0 unspecified atom stereocenters. The van der Waals surface area contributed by atoms with Crippen LogP contribution in [0.4, 0.5) is 8.78 Å². The molecule has 2 fully saturated rings. The molecule has 1 saturated heterocycles. The smallest absolute Gasteiger partial charge is 0.223 e. The van der Waals surface area contributed by atoms with Gasteiger partial charge in [0, 0.05) is 55.5 Å². The van der Waals surface area contributed by atoms with E-state index in [4.69, 9.17) is 0 Å². The van der Waals surface area contributed by atoms with Crippen LogP contribution in [0.25, 0.3) is 0 Å². The zero-order valence-corrected chi connectivity index (χ0v) is 14.4. The number of benzene rings is 1. The first-order valence-electron chi connectivity index (χ1n) is 8.99. The van der Waals surface area contributed by atoms with Crippen molar-refractivity contribution in [1.82, 2.24) is 15.2 Å². The standard InChI is InChI=1S/C20H21F2N3O/c21-16-4-3-13(18(22)9-16)10-24-12-15-8-19(26)25(17-5-6-17)20(15)14-2-1-7-23-11-14/h1-4,7,9,11,15,17,20,24H,5-6,8,10,12H2/t15-,20-/m0/s1. The number of likely N-dealkylation sites (tertiary alicyclic amines) is 1. The molecule has 0 bridgehead atoms. The lowest BCUT2D eigenvalue weighted by atomic mass is 9.94. The molecule has 6 heteroatoms. The third kappa shape index (κ3) is 3.46. The third-order valence-corrected chi connectivity index (χ3v) is 5.17. The van der Waals surface area contributed by atoms with E-state index in [1.54, 1.807) is 6.20 Å². The van der Waals surface area contributed by atoms with Crippen molar-refractivity contribution in [1.29, 1.82) is 0 Å². The second kappa shape index (κ2) is 7.11. The lowest BCUT2D eigenvalue weighted by Crippen LogP contribution is -2.33. The number of pyridine rings is 1. The van der Waals surface area contributed by atoms with Crippen LogP contribution in [0.5, 0.6) is 0 Å². The topological polar surface area (TPSA) is 45.2 Å². The molecule has 26 heavy (non-hydrogen) atoms. The molecule has 2 atom stereocenters. The number of carbonyl (C=O) groups excluding carboxylic acids is 1. The first-order chi connectivity index (χ1) is 12.6. The van der Waals surface area contributed by atoms with Gasteiger partial charge in [-0.1, -0.05) is 12.1 Å². The fourth-order valence-electron chi connectivity index (χ4n) is 3.83. The fraction of sp³-hybridized carbons (Fsp3) is 0.400. The second-order valence-corrected chi connectivity index (χ2v) is 7.09. The van der Waals surface area contributed by atoms with E-state index in [2.05, 4.69) is 10.3 Å². The van der Waals surface area contributed by atoms with E-state index in [0.717, 1.165) is 24.5 Å². The molecule has 1 saturated carbocycles. The highest BCUT2D eigenvalue weighted by atomic mass is 19.1. The van der Waals surface area contributed by atoms with Crippen molar-refractivity contribution < 1.29 is 13.6 Å². The van der Waals surface area contributed by atoms with Gasteiger partial charge in [0.25, 0.3) is 0 Å². The highest BCUT2D eigenvalue weighted by Gasteiger charge is 2.46. The minimum atomic E-state index is -0.579. The molecular formula is C20H21F2N3O. The molecule has 1 aliphatic heterocycles. The minimum absolute atomic E-state index is 0.00858. The average molecular weight is 357 g/mol. The van der Waals surface area contributed by atoms with Crippen molar-refractivity contribution >= 4 is 5.91 Å². The van der Waals surface area contributed by atoms with Gasteiger partial charge in [0.2, 0.25) is 5.91 Å². The summed E-state index contributed by atoms with van der Waals surface area (Å²) in [6.45, 7) is 0.894. The Labute approximate surface area is 151 Å². The van der Waals surface area contributed by atoms with E-state index in [9.17, 15) is 13.6 Å². The van der Waals surface area contributed by atoms with E-state index in [1.165, 1.54) is 12.1 Å². The molecule has 4 nitrogen and oxygen atoms in total. The van der Waals surface area contributed by atoms with Gasteiger partial charge in [0.05, 0.1) is 6.04 Å². The van der Waals surface area contributed by atoms with Crippen LogP contribution in [0, 0.1) is 17.6 Å². The number of nitrogens with zero attached hydrogens (tertiary/aromatic N) is 2. The zero-order valence-electron chi connectivity index (χ0n) is 14.4. The lowest BCUT2D eigenvalue weighted by molar-refractivity contribution is -0.129. The van der Waals surface area contributed by atoms with Gasteiger partial charge in [0.15, 0.2) is 0 Å². The van der Waals surface area contributed by atoms with Gasteiger partial charge >= 0.3 is 0 Å². The van der Waals surface area contributed by atoms with Crippen LogP contribution in [0.3, 0.4) is 0 Å². The first-order valence-corrected chi connectivity index (χ1v) is 8.99. The predicted octanol–water partition coefficient (Wildman–Crippen LogP) is 3.20. The Morgan fingerprint density at radius 1 is 1.23 bits per heavy atom. The molecular weight excluding hydrogens is 336 g/mol. The third-order valence-electron chi connectivity index (χ3n) is 5.17. The quantitative estimate of drug-likeness (QED) is 0.864. The summed E-state index contributed by atoms with van der Waals surface area (Å²) >= 11 is 0. The Kier molecular flexibility index (Phi) is 4.68. The molecule has 2 aromatic rings. The summed E-state index contributed by atoms with van der Waals surface area (Å²) in [5.74, 6) is -0.843. The molecule has 1 N–H and O–H groups in total. The SMILES string of the molecule is O=C1C[C@@H](CNCc2ccc(F)cc2F)[C@H](c2cccnc2)N1C1CC1. The van der Waals surface area contributed by atoms with Gasteiger partial charge in [-0.3, -0.25) is 9.78 Å². The van der Waals surface area contributed by atoms with Crippen LogP contribution in [-0.4, -0.2) is 28.4 Å². The molecule has 1 amide bonds. The van der Waals surface area contributed by atoms with Crippen molar-refractivity contribution in [2.75, 3.05) is 6.54 Å². The number of hydrogen-bond donors (Lipinski definition) is 1. The van der Waals surface area contributed by atoms with Crippen molar-refractivity contribution in [3.8, 4) is 0 Å². The Morgan fingerprint density at radius 2 is 2.08 bits per heavy atom. The molecule has 0 spiro atoms. The van der Waals surface area contributed by atoms with Crippen LogP contribution in [0.1, 0.15) is 36.4 Å². The molecule has 1 aromatic heterocycles. The number of halogens is 2. The number of hydrogen-bond acceptors (Lipinski definition) is 3. The van der Waals surface area contributed by atoms with E-state index in [-0.39, 0.29) is 17.9 Å². The largest absolute Gasteiger partial charge is 0.332 e. The lowest BCUT2D eigenvalue weighted by Gasteiger charge is -2.28.